The second-order valence-electron chi connectivity index (χ2n) is 6.96. The Balaban J connectivity index is 1.60. The summed E-state index contributed by atoms with van der Waals surface area (Å²) in [6.45, 7) is 7.77. The summed E-state index contributed by atoms with van der Waals surface area (Å²) in [6.07, 6.45) is 3.93. The van der Waals surface area contributed by atoms with Gasteiger partial charge in [0, 0.05) is 41.4 Å². The predicted molar refractivity (Wildman–Crippen MR) is 117 cm³/mol. The number of thiophene rings is 1. The molecular formula is C20H27ClN3S2+. The number of benzene rings is 1. The number of anilines is 1. The highest BCUT2D eigenvalue weighted by Crippen LogP contribution is 2.20. The minimum atomic E-state index is 0.783. The number of nitrogens with zero attached hydrogens (tertiary/aromatic N) is 1. The fraction of sp³-hybridized carbons (Fsp3) is 0.450. The molecule has 1 aliphatic rings. The van der Waals surface area contributed by atoms with Gasteiger partial charge in [-0.1, -0.05) is 17.7 Å². The van der Waals surface area contributed by atoms with Crippen molar-refractivity contribution in [2.24, 2.45) is 0 Å². The molecule has 2 heterocycles. The highest BCUT2D eigenvalue weighted by molar-refractivity contribution is 7.80. The lowest BCUT2D eigenvalue weighted by Gasteiger charge is -2.26. The van der Waals surface area contributed by atoms with Crippen LogP contribution in [0.1, 0.15) is 29.7 Å². The van der Waals surface area contributed by atoms with Crippen LogP contribution in [0.25, 0.3) is 0 Å². The smallest absolute Gasteiger partial charge is 0.173 e. The summed E-state index contributed by atoms with van der Waals surface area (Å²) in [4.78, 5) is 5.38. The molecule has 0 atom stereocenters. The Morgan fingerprint density at radius 3 is 2.81 bits per heavy atom. The maximum absolute atomic E-state index is 6.13. The molecule has 3 rings (SSSR count). The van der Waals surface area contributed by atoms with Gasteiger partial charge in [-0.3, -0.25) is 0 Å². The molecule has 1 aromatic heterocycles. The second kappa shape index (κ2) is 9.70. The lowest BCUT2D eigenvalue weighted by atomic mass is 10.2. The molecule has 0 amide bonds. The molecule has 26 heavy (non-hydrogen) atoms. The van der Waals surface area contributed by atoms with Crippen molar-refractivity contribution in [2.45, 2.75) is 32.7 Å². The molecule has 2 N–H and O–H groups in total. The Morgan fingerprint density at radius 2 is 2.12 bits per heavy atom. The summed E-state index contributed by atoms with van der Waals surface area (Å²) in [6, 6.07) is 10.2. The zero-order chi connectivity index (χ0) is 18.4. The Bertz CT molecular complexity index is 712. The van der Waals surface area contributed by atoms with Crippen LogP contribution in [0.5, 0.6) is 0 Å². The first-order valence-corrected chi connectivity index (χ1v) is 11.0. The first-order valence-electron chi connectivity index (χ1n) is 9.30. The van der Waals surface area contributed by atoms with E-state index >= 15 is 0 Å². The maximum Gasteiger partial charge on any atom is 0.173 e. The molecule has 0 spiro atoms. The van der Waals surface area contributed by atoms with Gasteiger partial charge in [0.2, 0.25) is 0 Å². The van der Waals surface area contributed by atoms with Crippen molar-refractivity contribution in [3.05, 3.63) is 51.2 Å². The molecule has 1 aromatic carbocycles. The van der Waals surface area contributed by atoms with Crippen LogP contribution in [-0.4, -0.2) is 36.2 Å². The van der Waals surface area contributed by atoms with Gasteiger partial charge in [-0.15, -0.1) is 11.3 Å². The van der Waals surface area contributed by atoms with Gasteiger partial charge in [0.1, 0.15) is 0 Å². The molecule has 1 aliphatic heterocycles. The first-order chi connectivity index (χ1) is 12.6. The van der Waals surface area contributed by atoms with Crippen molar-refractivity contribution >= 4 is 46.0 Å². The average molecular weight is 409 g/mol. The third-order valence-electron chi connectivity index (χ3n) is 4.89. The van der Waals surface area contributed by atoms with Gasteiger partial charge in [0.25, 0.3) is 0 Å². The van der Waals surface area contributed by atoms with Crippen molar-refractivity contribution < 1.29 is 4.90 Å². The SMILES string of the molecule is Cc1cc(NC(=S)N(CCC[NH+]2CCCC2)Cc2cccs2)ccc1Cl. The van der Waals surface area contributed by atoms with Gasteiger partial charge < -0.3 is 15.1 Å². The van der Waals surface area contributed by atoms with E-state index in [1.165, 1.54) is 43.8 Å². The average Bonchev–Trinajstić information content (AvgIpc) is 3.31. The zero-order valence-corrected chi connectivity index (χ0v) is 17.7. The number of thiocarbonyl (C=S) groups is 1. The lowest BCUT2D eigenvalue weighted by Crippen LogP contribution is -3.10. The minimum Gasteiger partial charge on any atom is -0.344 e. The Morgan fingerprint density at radius 1 is 1.31 bits per heavy atom. The first kappa shape index (κ1) is 19.6. The quantitative estimate of drug-likeness (QED) is 0.676. The van der Waals surface area contributed by atoms with Gasteiger partial charge in [0.05, 0.1) is 26.2 Å². The normalized spacial score (nSPS) is 14.5. The van der Waals surface area contributed by atoms with E-state index in [4.69, 9.17) is 23.8 Å². The Labute approximate surface area is 171 Å². The molecule has 0 saturated carbocycles. The van der Waals surface area contributed by atoms with E-state index in [9.17, 15) is 0 Å². The minimum absolute atomic E-state index is 0.783. The molecule has 3 nitrogen and oxygen atoms in total. The molecule has 6 heteroatoms. The molecular weight excluding hydrogens is 382 g/mol. The number of likely N-dealkylation sites (tertiary alicyclic amines) is 1. The number of hydrogen-bond donors (Lipinski definition) is 2. The van der Waals surface area contributed by atoms with Crippen molar-refractivity contribution in [1.82, 2.24) is 4.90 Å². The third-order valence-corrected chi connectivity index (χ3v) is 6.54. The summed E-state index contributed by atoms with van der Waals surface area (Å²) in [5.74, 6) is 0. The lowest BCUT2D eigenvalue weighted by molar-refractivity contribution is -0.887. The molecule has 0 aliphatic carbocycles. The molecule has 140 valence electrons. The van der Waals surface area contributed by atoms with Crippen LogP contribution in [0, 0.1) is 6.92 Å². The Kier molecular flexibility index (Phi) is 7.32. The Hall–Kier alpha value is -1.14. The van der Waals surface area contributed by atoms with Gasteiger partial charge >= 0.3 is 0 Å². The third kappa shape index (κ3) is 5.68. The largest absolute Gasteiger partial charge is 0.344 e. The van der Waals surface area contributed by atoms with Gasteiger partial charge in [-0.05, 0) is 54.4 Å². The van der Waals surface area contributed by atoms with Crippen molar-refractivity contribution in [2.75, 3.05) is 31.5 Å². The number of aryl methyl sites for hydroxylation is 1. The molecule has 1 fully saturated rings. The standard InChI is InChI=1S/C20H26ClN3S2/c1-16-14-17(7-8-19(16)21)22-20(25)24(15-18-6-4-13-26-18)12-5-11-23-9-2-3-10-23/h4,6-8,13-14H,2-3,5,9-12,15H2,1H3,(H,22,25)/p+1. The summed E-state index contributed by atoms with van der Waals surface area (Å²) >= 11 is 13.7. The summed E-state index contributed by atoms with van der Waals surface area (Å²) in [7, 11) is 0. The monoisotopic (exact) mass is 408 g/mol. The van der Waals surface area contributed by atoms with E-state index in [1.54, 1.807) is 16.2 Å². The van der Waals surface area contributed by atoms with Gasteiger partial charge in [-0.2, -0.15) is 0 Å². The topological polar surface area (TPSA) is 19.7 Å². The van der Waals surface area contributed by atoms with Crippen LogP contribution in [0.4, 0.5) is 5.69 Å². The fourth-order valence-electron chi connectivity index (χ4n) is 3.41. The number of rotatable bonds is 7. The molecule has 0 radical (unpaired) electrons. The van der Waals surface area contributed by atoms with Gasteiger partial charge in [-0.25, -0.2) is 0 Å². The highest BCUT2D eigenvalue weighted by atomic mass is 35.5. The number of quaternary nitrogens is 1. The van der Waals surface area contributed by atoms with Crippen molar-refractivity contribution in [3.8, 4) is 0 Å². The van der Waals surface area contributed by atoms with E-state index in [0.29, 0.717) is 0 Å². The highest BCUT2D eigenvalue weighted by Gasteiger charge is 2.17. The van der Waals surface area contributed by atoms with Crippen molar-refractivity contribution in [1.29, 1.82) is 0 Å². The number of nitrogens with one attached hydrogen (secondary N) is 2. The maximum atomic E-state index is 6.13. The van der Waals surface area contributed by atoms with Crippen LogP contribution in [0.2, 0.25) is 5.02 Å². The summed E-state index contributed by atoms with van der Waals surface area (Å²) in [5.41, 5.74) is 2.06. The van der Waals surface area contributed by atoms with E-state index < -0.39 is 0 Å². The predicted octanol–water partition coefficient (Wildman–Crippen LogP) is 3.98. The van der Waals surface area contributed by atoms with E-state index in [-0.39, 0.29) is 0 Å². The van der Waals surface area contributed by atoms with Crippen LogP contribution in [-0.2, 0) is 6.54 Å². The number of hydrogen-bond acceptors (Lipinski definition) is 2. The van der Waals surface area contributed by atoms with Crippen molar-refractivity contribution in [3.63, 3.8) is 0 Å². The van der Waals surface area contributed by atoms with E-state index in [0.717, 1.165) is 34.5 Å². The van der Waals surface area contributed by atoms with Crippen LogP contribution >= 0.6 is 35.2 Å². The van der Waals surface area contributed by atoms with Crippen LogP contribution in [0.15, 0.2) is 35.7 Å². The molecule has 0 unspecified atom stereocenters. The van der Waals surface area contributed by atoms with Gasteiger partial charge in [0.15, 0.2) is 5.11 Å². The van der Waals surface area contributed by atoms with Crippen LogP contribution in [0.3, 0.4) is 0 Å². The molecule has 0 bridgehead atoms. The second-order valence-corrected chi connectivity index (χ2v) is 8.78. The molecule has 1 saturated heterocycles. The zero-order valence-electron chi connectivity index (χ0n) is 15.3. The van der Waals surface area contributed by atoms with E-state index in [2.05, 4.69) is 27.7 Å². The summed E-state index contributed by atoms with van der Waals surface area (Å²) < 4.78 is 0. The summed E-state index contributed by atoms with van der Waals surface area (Å²) in [5, 5.41) is 7.09. The van der Waals surface area contributed by atoms with E-state index in [1.807, 2.05) is 25.1 Å². The van der Waals surface area contributed by atoms with Crippen LogP contribution < -0.4 is 10.2 Å². The number of halogens is 1. The fourth-order valence-corrected chi connectivity index (χ4v) is 4.52. The molecule has 2 aromatic rings.